The van der Waals surface area contributed by atoms with E-state index in [4.69, 9.17) is 0 Å². The molecular weight excluding hydrogens is 198 g/mol. The van der Waals surface area contributed by atoms with Gasteiger partial charge >= 0.3 is 0 Å². The molecular formula is C14H15NO. The number of carbonyl (C=O) groups is 1. The molecule has 0 saturated carbocycles. The van der Waals surface area contributed by atoms with Gasteiger partial charge in [-0.25, -0.2) is 0 Å². The maximum Gasteiger partial charge on any atom is 0.254 e. The topological polar surface area (TPSA) is 20.3 Å². The summed E-state index contributed by atoms with van der Waals surface area (Å²) in [5.41, 5.74) is 3.33. The summed E-state index contributed by atoms with van der Waals surface area (Å²) >= 11 is 0. The Labute approximate surface area is 95.6 Å². The summed E-state index contributed by atoms with van der Waals surface area (Å²) in [6, 6.07) is 8.29. The lowest BCUT2D eigenvalue weighted by Crippen LogP contribution is -2.40. The zero-order chi connectivity index (χ0) is 11.1. The van der Waals surface area contributed by atoms with Gasteiger partial charge in [0, 0.05) is 12.1 Å². The van der Waals surface area contributed by atoms with E-state index in [-0.39, 0.29) is 5.91 Å². The summed E-state index contributed by atoms with van der Waals surface area (Å²) in [6.07, 6.45) is 4.40. The van der Waals surface area contributed by atoms with Gasteiger partial charge in [-0.05, 0) is 37.0 Å². The van der Waals surface area contributed by atoms with E-state index in [2.05, 4.69) is 19.1 Å². The highest BCUT2D eigenvalue weighted by Gasteiger charge is 2.37. The van der Waals surface area contributed by atoms with Crippen LogP contribution in [-0.2, 0) is 0 Å². The summed E-state index contributed by atoms with van der Waals surface area (Å²) in [5.74, 6) is 0.212. The third kappa shape index (κ3) is 1.16. The fourth-order valence-electron chi connectivity index (χ4n) is 2.94. The van der Waals surface area contributed by atoms with E-state index in [0.717, 1.165) is 30.5 Å². The number of rotatable bonds is 0. The van der Waals surface area contributed by atoms with Crippen LogP contribution in [0.3, 0.4) is 0 Å². The Morgan fingerprint density at radius 3 is 2.81 bits per heavy atom. The highest BCUT2D eigenvalue weighted by atomic mass is 16.2. The fraction of sp³-hybridized carbons (Fsp3) is 0.357. The van der Waals surface area contributed by atoms with Crippen molar-refractivity contribution in [2.45, 2.75) is 25.8 Å². The third-order valence-electron chi connectivity index (χ3n) is 3.65. The van der Waals surface area contributed by atoms with Crippen LogP contribution >= 0.6 is 0 Å². The molecule has 82 valence electrons. The molecule has 0 radical (unpaired) electrons. The molecule has 1 fully saturated rings. The van der Waals surface area contributed by atoms with Crippen molar-refractivity contribution in [3.8, 4) is 0 Å². The molecule has 2 aliphatic heterocycles. The molecule has 0 N–H and O–H groups in total. The summed E-state index contributed by atoms with van der Waals surface area (Å²) in [5, 5.41) is 0. The fourth-order valence-corrected chi connectivity index (χ4v) is 2.94. The molecule has 16 heavy (non-hydrogen) atoms. The molecule has 1 atom stereocenters. The Hall–Kier alpha value is -1.57. The van der Waals surface area contributed by atoms with Gasteiger partial charge in [0.1, 0.15) is 0 Å². The van der Waals surface area contributed by atoms with Gasteiger partial charge in [-0.1, -0.05) is 24.3 Å². The highest BCUT2D eigenvalue weighted by Crippen LogP contribution is 2.37. The van der Waals surface area contributed by atoms with E-state index < -0.39 is 0 Å². The first kappa shape index (κ1) is 9.64. The molecule has 0 spiro atoms. The van der Waals surface area contributed by atoms with Crippen molar-refractivity contribution in [2.24, 2.45) is 0 Å². The van der Waals surface area contributed by atoms with Crippen molar-refractivity contribution >= 4 is 11.5 Å². The third-order valence-corrected chi connectivity index (χ3v) is 3.65. The first-order valence-corrected chi connectivity index (χ1v) is 5.89. The number of benzene rings is 1. The van der Waals surface area contributed by atoms with Crippen molar-refractivity contribution in [3.63, 3.8) is 0 Å². The van der Waals surface area contributed by atoms with Gasteiger partial charge in [-0.15, -0.1) is 0 Å². The first-order chi connectivity index (χ1) is 7.83. The molecule has 1 aromatic rings. The van der Waals surface area contributed by atoms with Gasteiger partial charge < -0.3 is 4.90 Å². The van der Waals surface area contributed by atoms with Crippen LogP contribution in [0.25, 0.3) is 5.57 Å². The van der Waals surface area contributed by atoms with E-state index in [1.54, 1.807) is 0 Å². The van der Waals surface area contributed by atoms with E-state index >= 15 is 0 Å². The number of hydrogen-bond donors (Lipinski definition) is 0. The summed E-state index contributed by atoms with van der Waals surface area (Å²) in [4.78, 5) is 14.3. The van der Waals surface area contributed by atoms with Crippen molar-refractivity contribution < 1.29 is 4.79 Å². The first-order valence-electron chi connectivity index (χ1n) is 5.89. The second-order valence-electron chi connectivity index (χ2n) is 4.45. The number of allylic oxidation sites excluding steroid dienone is 1. The molecule has 2 nitrogen and oxygen atoms in total. The Morgan fingerprint density at radius 2 is 2.06 bits per heavy atom. The average Bonchev–Trinajstić information content (AvgIpc) is 2.79. The van der Waals surface area contributed by atoms with Crippen LogP contribution in [0, 0.1) is 0 Å². The van der Waals surface area contributed by atoms with Crippen LogP contribution in [-0.4, -0.2) is 23.4 Å². The number of carbonyl (C=O) groups excluding carboxylic acids is 1. The lowest BCUT2D eigenvalue weighted by Gasteiger charge is -2.33. The Kier molecular flexibility index (Phi) is 2.10. The Bertz CT molecular complexity index is 475. The Balaban J connectivity index is 2.21. The normalized spacial score (nSPS) is 25.8. The van der Waals surface area contributed by atoms with Crippen LogP contribution in [0.5, 0.6) is 0 Å². The van der Waals surface area contributed by atoms with Gasteiger partial charge in [-0.3, -0.25) is 4.79 Å². The molecule has 0 aromatic heterocycles. The van der Waals surface area contributed by atoms with Crippen LogP contribution < -0.4 is 0 Å². The van der Waals surface area contributed by atoms with E-state index in [9.17, 15) is 4.79 Å². The van der Waals surface area contributed by atoms with Crippen LogP contribution in [0.1, 0.15) is 35.7 Å². The number of fused-ring (bicyclic) bond motifs is 2. The van der Waals surface area contributed by atoms with Gasteiger partial charge in [0.15, 0.2) is 0 Å². The van der Waals surface area contributed by atoms with Crippen molar-refractivity contribution in [1.29, 1.82) is 0 Å². The molecule has 3 rings (SSSR count). The molecule has 2 heterocycles. The monoisotopic (exact) mass is 213 g/mol. The zero-order valence-corrected chi connectivity index (χ0v) is 9.44. The van der Waals surface area contributed by atoms with Gasteiger partial charge in [0.25, 0.3) is 5.91 Å². The van der Waals surface area contributed by atoms with Crippen molar-refractivity contribution in [2.75, 3.05) is 6.54 Å². The number of nitrogens with zero attached hydrogens (tertiary/aromatic N) is 1. The quantitative estimate of drug-likeness (QED) is 0.649. The zero-order valence-electron chi connectivity index (χ0n) is 9.44. The van der Waals surface area contributed by atoms with Crippen LogP contribution in [0.2, 0.25) is 0 Å². The SMILES string of the molecule is C/C=C1/c2ccccc2C(=O)N2CCC[C@@H]12. The number of amides is 1. The van der Waals surface area contributed by atoms with Gasteiger partial charge in [-0.2, -0.15) is 0 Å². The molecule has 2 aliphatic rings. The maximum atomic E-state index is 12.3. The molecule has 0 bridgehead atoms. The van der Waals surface area contributed by atoms with Crippen LogP contribution in [0.4, 0.5) is 0 Å². The smallest absolute Gasteiger partial charge is 0.254 e. The minimum absolute atomic E-state index is 0.212. The molecule has 2 heteroatoms. The second-order valence-corrected chi connectivity index (χ2v) is 4.45. The maximum absolute atomic E-state index is 12.3. The molecule has 0 unspecified atom stereocenters. The van der Waals surface area contributed by atoms with E-state index in [1.165, 1.54) is 5.57 Å². The minimum atomic E-state index is 0.212. The second kappa shape index (κ2) is 3.48. The summed E-state index contributed by atoms with van der Waals surface area (Å²) in [6.45, 7) is 2.98. The van der Waals surface area contributed by atoms with E-state index in [1.807, 2.05) is 23.1 Å². The van der Waals surface area contributed by atoms with E-state index in [0.29, 0.717) is 6.04 Å². The molecule has 1 aromatic carbocycles. The Morgan fingerprint density at radius 1 is 1.31 bits per heavy atom. The molecule has 1 saturated heterocycles. The van der Waals surface area contributed by atoms with Gasteiger partial charge in [0.05, 0.1) is 6.04 Å². The summed E-state index contributed by atoms with van der Waals surface area (Å²) < 4.78 is 0. The standard InChI is InChI=1S/C14H15NO/c1-2-10-11-6-3-4-7-12(11)14(16)15-9-5-8-13(10)15/h2-4,6-7,13H,5,8-9H2,1H3/b10-2-/t13-/m0/s1. The summed E-state index contributed by atoms with van der Waals surface area (Å²) in [7, 11) is 0. The molecule has 1 amide bonds. The number of hydrogen-bond acceptors (Lipinski definition) is 1. The lowest BCUT2D eigenvalue weighted by atomic mass is 9.88. The van der Waals surface area contributed by atoms with Crippen molar-refractivity contribution in [3.05, 3.63) is 41.5 Å². The predicted octanol–water partition coefficient (Wildman–Crippen LogP) is 2.71. The minimum Gasteiger partial charge on any atom is -0.332 e. The predicted molar refractivity (Wildman–Crippen MR) is 64.2 cm³/mol. The average molecular weight is 213 g/mol. The van der Waals surface area contributed by atoms with Crippen molar-refractivity contribution in [1.82, 2.24) is 4.90 Å². The lowest BCUT2D eigenvalue weighted by molar-refractivity contribution is 0.0756. The highest BCUT2D eigenvalue weighted by molar-refractivity contribution is 6.04. The van der Waals surface area contributed by atoms with Crippen LogP contribution in [0.15, 0.2) is 30.3 Å². The molecule has 0 aliphatic carbocycles. The van der Waals surface area contributed by atoms with Gasteiger partial charge in [0.2, 0.25) is 0 Å². The largest absolute Gasteiger partial charge is 0.332 e.